The molecule has 10 saturated heterocycles. The zero-order valence-corrected chi connectivity index (χ0v) is 39.3. The summed E-state index contributed by atoms with van der Waals surface area (Å²) in [5.74, 6) is 0. The fraction of sp³-hybridized carbons (Fsp3) is 1.00. The summed E-state index contributed by atoms with van der Waals surface area (Å²) in [6.07, 6.45) is -53.6. The molecule has 75 heavy (non-hydrogen) atoms. The maximum absolute atomic E-state index is 11.4. The zero-order chi connectivity index (χ0) is 53.5. The number of rotatable bonds is 16. The van der Waals surface area contributed by atoms with Gasteiger partial charge in [0.15, 0.2) is 44.0 Å². The molecule has 0 spiro atoms. The van der Waals surface area contributed by atoms with Crippen LogP contribution < -0.4 is 0 Å². The summed E-state index contributed by atoms with van der Waals surface area (Å²) >= 11 is 0. The molecular weight excluding hydrogens is 1030 g/mol. The Labute approximate surface area is 423 Å². The largest absolute Gasteiger partial charge is 0.394 e. The Kier molecular flexibility index (Phi) is 17.7. The zero-order valence-electron chi connectivity index (χ0n) is 39.3. The first-order valence-corrected chi connectivity index (χ1v) is 24.5. The Morgan fingerprint density at radius 3 is 0.893 bits per heavy atom. The highest BCUT2D eigenvalue weighted by Gasteiger charge is 2.62. The predicted octanol–water partition coefficient (Wildman–Crippen LogP) is -13.1. The molecule has 0 aliphatic carbocycles. The quantitative estimate of drug-likeness (QED) is 0.0682. The minimum atomic E-state index is -1.98. The van der Waals surface area contributed by atoms with Gasteiger partial charge in [-0.05, 0) is 0 Å². The van der Waals surface area contributed by atoms with Crippen molar-refractivity contribution in [1.29, 1.82) is 0 Å². The van der Waals surface area contributed by atoms with Crippen LogP contribution in [-0.4, -0.2) is 348 Å². The second-order valence-corrected chi connectivity index (χ2v) is 19.9. The molecule has 0 saturated carbocycles. The van der Waals surface area contributed by atoms with Gasteiger partial charge in [-0.25, -0.2) is 0 Å². The van der Waals surface area contributed by atoms with Gasteiger partial charge in [-0.3, -0.25) is 0 Å². The molecule has 0 aromatic heterocycles. The van der Waals surface area contributed by atoms with Gasteiger partial charge < -0.3 is 163 Å². The molecule has 17 N–H and O–H groups in total. The van der Waals surface area contributed by atoms with Gasteiger partial charge >= 0.3 is 0 Å². The lowest BCUT2D eigenvalue weighted by Crippen LogP contribution is -2.66. The number of hydrogen-bond donors (Lipinski definition) is 17. The fourth-order valence-corrected chi connectivity index (χ4v) is 11.1. The maximum Gasteiger partial charge on any atom is 0.187 e. The summed E-state index contributed by atoms with van der Waals surface area (Å²) in [6.45, 7) is -3.71. The molecule has 10 aliphatic rings. The Morgan fingerprint density at radius 2 is 0.547 bits per heavy atom. The maximum atomic E-state index is 11.4. The average Bonchev–Trinajstić information content (AvgIpc) is 4.02. The van der Waals surface area contributed by atoms with Crippen LogP contribution in [0.2, 0.25) is 0 Å². The molecule has 10 aliphatic heterocycles. The van der Waals surface area contributed by atoms with Crippen molar-refractivity contribution in [2.24, 2.45) is 0 Å². The molecule has 33 heteroatoms. The topological polar surface area (TPSA) is 492 Å². The van der Waals surface area contributed by atoms with Crippen LogP contribution in [-0.2, 0) is 75.8 Å². The molecule has 33 nitrogen and oxygen atoms in total. The average molecular weight is 1100 g/mol. The molecule has 0 amide bonds. The molecular formula is C42H66O33. The van der Waals surface area contributed by atoms with Gasteiger partial charge in [0.25, 0.3) is 0 Å². The molecule has 432 valence electrons. The highest BCUT2D eigenvalue weighted by molar-refractivity contribution is 5.04. The van der Waals surface area contributed by atoms with Crippen LogP contribution in [0.15, 0.2) is 0 Å². The van der Waals surface area contributed by atoms with E-state index in [0.29, 0.717) is 0 Å². The molecule has 10 fully saturated rings. The van der Waals surface area contributed by atoms with Crippen LogP contribution >= 0.6 is 0 Å². The van der Waals surface area contributed by atoms with Crippen LogP contribution in [0.3, 0.4) is 0 Å². The van der Waals surface area contributed by atoms with Crippen molar-refractivity contribution in [2.45, 2.75) is 215 Å². The van der Waals surface area contributed by atoms with Gasteiger partial charge in [-0.15, -0.1) is 0 Å². The third kappa shape index (κ3) is 10.5. The molecule has 0 radical (unpaired) electrons. The number of aliphatic hydroxyl groups excluding tert-OH is 17. The van der Waals surface area contributed by atoms with E-state index in [1.165, 1.54) is 0 Å². The Balaban J connectivity index is 0.717. The summed E-state index contributed by atoms with van der Waals surface area (Å²) in [4.78, 5) is 0. The molecule has 6 bridgehead atoms. The van der Waals surface area contributed by atoms with E-state index >= 15 is 0 Å². The molecule has 1 unspecified atom stereocenters. The van der Waals surface area contributed by atoms with Crippen molar-refractivity contribution >= 4 is 0 Å². The lowest BCUT2D eigenvalue weighted by molar-refractivity contribution is -0.382. The van der Waals surface area contributed by atoms with E-state index in [4.69, 9.17) is 75.8 Å². The second-order valence-electron chi connectivity index (χ2n) is 19.9. The summed E-state index contributed by atoms with van der Waals surface area (Å²) < 4.78 is 92.3. The minimum absolute atomic E-state index is 0.105. The summed E-state index contributed by atoms with van der Waals surface area (Å²) in [6, 6.07) is 0. The first kappa shape index (κ1) is 56.9. The second kappa shape index (κ2) is 23.3. The van der Waals surface area contributed by atoms with E-state index < -0.39 is 241 Å². The third-order valence-corrected chi connectivity index (χ3v) is 15.3. The van der Waals surface area contributed by atoms with E-state index in [-0.39, 0.29) is 19.8 Å². The number of ether oxygens (including phenoxy) is 16. The molecule has 35 atom stereocenters. The highest BCUT2D eigenvalue weighted by Crippen LogP contribution is 2.42. The molecule has 0 aromatic carbocycles. The van der Waals surface area contributed by atoms with Crippen LogP contribution in [0.5, 0.6) is 0 Å². The van der Waals surface area contributed by atoms with E-state index in [0.717, 1.165) is 0 Å². The van der Waals surface area contributed by atoms with E-state index in [1.807, 2.05) is 0 Å². The van der Waals surface area contributed by atoms with Crippen LogP contribution in [0.4, 0.5) is 0 Å². The van der Waals surface area contributed by atoms with Gasteiger partial charge in [-0.2, -0.15) is 0 Å². The van der Waals surface area contributed by atoms with E-state index in [2.05, 4.69) is 0 Å². The fourth-order valence-electron chi connectivity index (χ4n) is 11.1. The lowest BCUT2D eigenvalue weighted by Gasteiger charge is -2.48. The van der Waals surface area contributed by atoms with Crippen molar-refractivity contribution in [3.8, 4) is 0 Å². The number of fused-ring (bicyclic) bond motifs is 6. The van der Waals surface area contributed by atoms with Gasteiger partial charge in [-0.1, -0.05) is 0 Å². The summed E-state index contributed by atoms with van der Waals surface area (Å²) in [5, 5.41) is 180. The molecule has 10 rings (SSSR count). The van der Waals surface area contributed by atoms with Crippen molar-refractivity contribution in [3.63, 3.8) is 0 Å². The Morgan fingerprint density at radius 1 is 0.267 bits per heavy atom. The number of hydrogen-bond acceptors (Lipinski definition) is 33. The highest BCUT2D eigenvalue weighted by atomic mass is 16.8. The molecule has 0 aromatic rings. The van der Waals surface area contributed by atoms with Gasteiger partial charge in [0.2, 0.25) is 0 Å². The van der Waals surface area contributed by atoms with E-state index in [1.54, 1.807) is 0 Å². The van der Waals surface area contributed by atoms with Crippen molar-refractivity contribution in [3.05, 3.63) is 0 Å². The van der Waals surface area contributed by atoms with Crippen molar-refractivity contribution in [1.82, 2.24) is 0 Å². The van der Waals surface area contributed by atoms with Crippen LogP contribution in [0, 0.1) is 0 Å². The van der Waals surface area contributed by atoms with Gasteiger partial charge in [0.1, 0.15) is 171 Å². The lowest BCUT2D eigenvalue weighted by atomic mass is 9.96. The Bertz CT molecular complexity index is 1860. The van der Waals surface area contributed by atoms with Crippen LogP contribution in [0.1, 0.15) is 0 Å². The monoisotopic (exact) mass is 1100 g/mol. The van der Waals surface area contributed by atoms with Gasteiger partial charge in [0.05, 0.1) is 46.2 Å². The molecule has 10 heterocycles. The smallest absolute Gasteiger partial charge is 0.187 e. The summed E-state index contributed by atoms with van der Waals surface area (Å²) in [5.41, 5.74) is 0. The first-order valence-electron chi connectivity index (χ1n) is 24.5. The standard InChI is InChI=1S/C42H66O33/c43-1-8-15(47)16(48)21(53)37(64-8)73-30-13-6-62-35(30)26(58)42(69-13)75-32-14-7-61-34(32)25(57)41(68-14)72-29-11(4-46)66-39(23(55)19(29)51)74-31-12-5-60-33(31)24(56)40(67-12)71-28-10(3-45)65-38(22(54)18(28)50)70-27-9(2-44)63-36(59)20(52)17(27)49/h8-59H,1-7H2/t8-,9-,10-,11-,12-,13-,14-,15-,16+,17-,18-,19-,20-,21-,22-,23-,24-,25-,26-,27-,28-,29-,30-,31-,32-,33-,34-,35-,36?,37-,38-,39-,40-,41-,42-/m1/s1. The predicted molar refractivity (Wildman–Crippen MR) is 222 cm³/mol. The Hall–Kier alpha value is -1.32. The minimum Gasteiger partial charge on any atom is -0.394 e. The van der Waals surface area contributed by atoms with Gasteiger partial charge in [0, 0.05) is 0 Å². The van der Waals surface area contributed by atoms with Crippen molar-refractivity contribution < 1.29 is 163 Å². The third-order valence-electron chi connectivity index (χ3n) is 15.3. The normalized spacial score (nSPS) is 56.8. The number of aliphatic hydroxyl groups is 17. The van der Waals surface area contributed by atoms with Crippen LogP contribution in [0.25, 0.3) is 0 Å². The van der Waals surface area contributed by atoms with Crippen molar-refractivity contribution in [2.75, 3.05) is 46.2 Å². The summed E-state index contributed by atoms with van der Waals surface area (Å²) in [7, 11) is 0. The SMILES string of the molecule is OC[C@H]1O[C@H](O[C@H]2[C@@H]3OC[C@H]2O[C@H](O[C@H]2[C@@H]4OC[C@H]2O[C@H](O[C@H]2[C@H](O)[C@@H](O)[C@@H](O[C@H]5[C@@H]6OC[C@H]5O[C@H](O[C@H]5[C@H](O)[C@@H](O)[C@@H](O[C@H]7[C@H](O)[C@@H](O)C(O)O[C@@H]7CO)O[C@@H]5CO)[C@@H]6O)O[C@@H]2CO)[C@@H]4O)[C@@H]3O)[C@H](O)[C@@H](O)[C@@H]1O. The van der Waals surface area contributed by atoms with E-state index in [9.17, 15) is 86.8 Å². The first-order chi connectivity index (χ1) is 35.9.